The van der Waals surface area contributed by atoms with E-state index in [1.807, 2.05) is 0 Å². The van der Waals surface area contributed by atoms with Crippen molar-refractivity contribution in [2.75, 3.05) is 11.5 Å². The average Bonchev–Trinajstić information content (AvgIpc) is 3.01. The van der Waals surface area contributed by atoms with E-state index in [1.165, 1.54) is 16.4 Å². The van der Waals surface area contributed by atoms with E-state index in [1.54, 1.807) is 18.1 Å². The van der Waals surface area contributed by atoms with Crippen molar-refractivity contribution in [1.29, 1.82) is 0 Å². The van der Waals surface area contributed by atoms with Crippen LogP contribution in [-0.2, 0) is 24.9 Å². The maximum absolute atomic E-state index is 12.2. The molecule has 2 N–H and O–H groups in total. The Balaban J connectivity index is 1.61. The molecule has 1 amide bonds. The molecular formula is C10H12N8OS. The van der Waals surface area contributed by atoms with Gasteiger partial charge in [-0.3, -0.25) is 4.79 Å². The van der Waals surface area contributed by atoms with Crippen LogP contribution in [0.5, 0.6) is 0 Å². The lowest BCUT2D eigenvalue weighted by Crippen LogP contribution is -2.27. The smallest absolute Gasteiger partial charge is 0.233 e. The van der Waals surface area contributed by atoms with Gasteiger partial charge in [0.15, 0.2) is 0 Å². The Hall–Kier alpha value is -2.23. The zero-order valence-corrected chi connectivity index (χ0v) is 11.5. The van der Waals surface area contributed by atoms with Crippen LogP contribution in [0.1, 0.15) is 11.3 Å². The number of anilines is 1. The first-order valence-corrected chi connectivity index (χ1v) is 6.85. The summed E-state index contributed by atoms with van der Waals surface area (Å²) < 4.78 is 1.53. The summed E-state index contributed by atoms with van der Waals surface area (Å²) in [4.78, 5) is 21.9. The van der Waals surface area contributed by atoms with E-state index in [9.17, 15) is 4.79 Å². The normalized spacial score (nSPS) is 13.6. The third kappa shape index (κ3) is 2.41. The molecule has 0 atom stereocenters. The Bertz CT molecular complexity index is 656. The van der Waals surface area contributed by atoms with Crippen LogP contribution in [0.2, 0.25) is 0 Å². The van der Waals surface area contributed by atoms with E-state index in [0.717, 1.165) is 11.3 Å². The van der Waals surface area contributed by atoms with Gasteiger partial charge in [-0.15, -0.1) is 5.10 Å². The molecule has 0 radical (unpaired) electrons. The summed E-state index contributed by atoms with van der Waals surface area (Å²) in [5, 5.41) is 11.7. The Morgan fingerprint density at radius 1 is 1.50 bits per heavy atom. The molecule has 2 aromatic heterocycles. The molecule has 20 heavy (non-hydrogen) atoms. The van der Waals surface area contributed by atoms with Gasteiger partial charge in [-0.25, -0.2) is 14.6 Å². The number of hydrogen-bond acceptors (Lipinski definition) is 8. The summed E-state index contributed by atoms with van der Waals surface area (Å²) in [6.07, 6.45) is 1.67. The second-order valence-corrected chi connectivity index (χ2v) is 5.27. The van der Waals surface area contributed by atoms with Crippen LogP contribution >= 0.6 is 11.8 Å². The summed E-state index contributed by atoms with van der Waals surface area (Å²) in [5.74, 6) is 0.526. The minimum atomic E-state index is 0.00886. The lowest BCUT2D eigenvalue weighted by Gasteiger charge is -2.14. The van der Waals surface area contributed by atoms with Gasteiger partial charge in [0.2, 0.25) is 17.0 Å². The molecule has 0 saturated carbocycles. The van der Waals surface area contributed by atoms with Crippen LogP contribution in [0.3, 0.4) is 0 Å². The molecule has 0 fully saturated rings. The first-order valence-electron chi connectivity index (χ1n) is 5.86. The van der Waals surface area contributed by atoms with Crippen LogP contribution < -0.4 is 5.73 Å². The molecule has 1 aliphatic rings. The van der Waals surface area contributed by atoms with Crippen molar-refractivity contribution in [2.24, 2.45) is 7.05 Å². The average molecular weight is 292 g/mol. The molecule has 10 heteroatoms. The van der Waals surface area contributed by atoms with Crippen LogP contribution in [0.4, 0.5) is 5.95 Å². The van der Waals surface area contributed by atoms with Gasteiger partial charge < -0.3 is 10.6 Å². The summed E-state index contributed by atoms with van der Waals surface area (Å²) in [6.45, 7) is 0.991. The Labute approximate surface area is 118 Å². The van der Waals surface area contributed by atoms with Gasteiger partial charge in [-0.05, 0) is 10.4 Å². The topological polar surface area (TPSA) is 116 Å². The number of carbonyl (C=O) groups is 1. The van der Waals surface area contributed by atoms with Crippen LogP contribution in [0, 0.1) is 0 Å². The van der Waals surface area contributed by atoms with Crippen molar-refractivity contribution in [1.82, 2.24) is 35.1 Å². The van der Waals surface area contributed by atoms with Gasteiger partial charge in [0.1, 0.15) is 0 Å². The van der Waals surface area contributed by atoms with E-state index < -0.39 is 0 Å². The fraction of sp³-hybridized carbons (Fsp3) is 0.400. The SMILES string of the molecule is Cn1nnnc1SCC(=O)N1Cc2cnc(N)nc2C1. The number of thioether (sulfide) groups is 1. The molecule has 3 rings (SSSR count). The quantitative estimate of drug-likeness (QED) is 0.732. The lowest BCUT2D eigenvalue weighted by atomic mass is 10.3. The molecule has 0 unspecified atom stereocenters. The van der Waals surface area contributed by atoms with E-state index in [0.29, 0.717) is 18.2 Å². The van der Waals surface area contributed by atoms with E-state index in [-0.39, 0.29) is 17.6 Å². The number of fused-ring (bicyclic) bond motifs is 1. The van der Waals surface area contributed by atoms with Gasteiger partial charge in [-0.1, -0.05) is 11.8 Å². The zero-order chi connectivity index (χ0) is 14.1. The number of rotatable bonds is 3. The number of carbonyl (C=O) groups excluding carboxylic acids is 1. The molecule has 3 heterocycles. The summed E-state index contributed by atoms with van der Waals surface area (Å²) in [6, 6.07) is 0. The molecular weight excluding hydrogens is 280 g/mol. The van der Waals surface area contributed by atoms with Crippen LogP contribution in [-0.4, -0.2) is 46.7 Å². The van der Waals surface area contributed by atoms with E-state index in [4.69, 9.17) is 5.73 Å². The Morgan fingerprint density at radius 3 is 3.10 bits per heavy atom. The van der Waals surface area contributed by atoms with Crippen molar-refractivity contribution >= 4 is 23.6 Å². The highest BCUT2D eigenvalue weighted by atomic mass is 32.2. The largest absolute Gasteiger partial charge is 0.368 e. The number of hydrogen-bond donors (Lipinski definition) is 1. The highest BCUT2D eigenvalue weighted by Gasteiger charge is 2.25. The third-order valence-corrected chi connectivity index (χ3v) is 3.93. The number of amides is 1. The molecule has 2 aromatic rings. The van der Waals surface area contributed by atoms with Crippen molar-refractivity contribution < 1.29 is 4.79 Å². The Morgan fingerprint density at radius 2 is 2.35 bits per heavy atom. The predicted molar refractivity (Wildman–Crippen MR) is 70.2 cm³/mol. The van der Waals surface area contributed by atoms with Gasteiger partial charge in [0, 0.05) is 25.4 Å². The molecule has 0 aromatic carbocycles. The monoisotopic (exact) mass is 292 g/mol. The number of tetrazole rings is 1. The van der Waals surface area contributed by atoms with Crippen molar-refractivity contribution in [3.05, 3.63) is 17.5 Å². The van der Waals surface area contributed by atoms with Gasteiger partial charge in [0.05, 0.1) is 18.0 Å². The molecule has 0 saturated heterocycles. The highest BCUT2D eigenvalue weighted by Crippen LogP contribution is 2.22. The number of aromatic nitrogens is 6. The minimum absolute atomic E-state index is 0.00886. The maximum atomic E-state index is 12.2. The van der Waals surface area contributed by atoms with Gasteiger partial charge in [0.25, 0.3) is 0 Å². The van der Waals surface area contributed by atoms with Crippen molar-refractivity contribution in [3.8, 4) is 0 Å². The first-order chi connectivity index (χ1) is 9.63. The fourth-order valence-electron chi connectivity index (χ4n) is 1.91. The maximum Gasteiger partial charge on any atom is 0.233 e. The number of nitrogens with zero attached hydrogens (tertiary/aromatic N) is 7. The van der Waals surface area contributed by atoms with Crippen molar-refractivity contribution in [3.63, 3.8) is 0 Å². The summed E-state index contributed by atoms with van der Waals surface area (Å²) >= 11 is 1.31. The molecule has 0 aliphatic carbocycles. The minimum Gasteiger partial charge on any atom is -0.368 e. The fourth-order valence-corrected chi connectivity index (χ4v) is 2.66. The molecule has 104 valence electrons. The summed E-state index contributed by atoms with van der Waals surface area (Å²) in [7, 11) is 1.73. The number of nitrogens with two attached hydrogens (primary N) is 1. The summed E-state index contributed by atoms with van der Waals surface area (Å²) in [5.41, 5.74) is 7.30. The predicted octanol–water partition coefficient (Wildman–Crippen LogP) is -0.783. The molecule has 0 bridgehead atoms. The molecule has 9 nitrogen and oxygen atoms in total. The third-order valence-electron chi connectivity index (χ3n) is 2.93. The molecule has 0 spiro atoms. The Kier molecular flexibility index (Phi) is 3.22. The number of aryl methyl sites for hydroxylation is 1. The number of nitrogen functional groups attached to an aromatic ring is 1. The second kappa shape index (κ2) is 5.04. The van der Waals surface area contributed by atoms with Gasteiger partial charge in [-0.2, -0.15) is 0 Å². The van der Waals surface area contributed by atoms with Gasteiger partial charge >= 0.3 is 0 Å². The van der Waals surface area contributed by atoms with Crippen molar-refractivity contribution in [2.45, 2.75) is 18.2 Å². The molecule has 1 aliphatic heterocycles. The van der Waals surface area contributed by atoms with Crippen LogP contribution in [0.15, 0.2) is 11.4 Å². The van der Waals surface area contributed by atoms with E-state index >= 15 is 0 Å². The second-order valence-electron chi connectivity index (χ2n) is 4.32. The highest BCUT2D eigenvalue weighted by molar-refractivity contribution is 7.99. The first kappa shape index (κ1) is 12.8. The van der Waals surface area contributed by atoms with Crippen LogP contribution in [0.25, 0.3) is 0 Å². The standard InChI is InChI=1S/C10H12N8OS/c1-17-10(14-15-16-17)20-5-8(19)18-3-6-2-12-9(11)13-7(6)4-18/h2H,3-5H2,1H3,(H2,11,12,13). The lowest BCUT2D eigenvalue weighted by molar-refractivity contribution is -0.128. The van der Waals surface area contributed by atoms with E-state index in [2.05, 4.69) is 25.5 Å². The zero-order valence-electron chi connectivity index (χ0n) is 10.7.